The Hall–Kier alpha value is -2.28. The Kier molecular flexibility index (Phi) is 4.72. The number of amides is 1. The molecule has 0 bridgehead atoms. The highest BCUT2D eigenvalue weighted by Crippen LogP contribution is 2.30. The van der Waals surface area contributed by atoms with Crippen molar-refractivity contribution in [3.63, 3.8) is 0 Å². The van der Waals surface area contributed by atoms with Gasteiger partial charge in [0.1, 0.15) is 0 Å². The minimum Gasteiger partial charge on any atom is -0.302 e. The van der Waals surface area contributed by atoms with Crippen LogP contribution in [0.15, 0.2) is 0 Å². The van der Waals surface area contributed by atoms with Crippen LogP contribution in [-0.4, -0.2) is 25.7 Å². The molecule has 6 nitrogen and oxygen atoms in total. The van der Waals surface area contributed by atoms with Crippen LogP contribution in [0.4, 0.5) is 5.13 Å². The predicted molar refractivity (Wildman–Crippen MR) is 108 cm³/mol. The van der Waals surface area contributed by atoms with Gasteiger partial charge in [-0.2, -0.15) is 5.10 Å². The second-order valence-electron chi connectivity index (χ2n) is 7.35. The summed E-state index contributed by atoms with van der Waals surface area (Å²) < 4.78 is 1.82. The van der Waals surface area contributed by atoms with Crippen LogP contribution in [0.25, 0.3) is 11.0 Å². The fourth-order valence-electron chi connectivity index (χ4n) is 4.06. The predicted octanol–water partition coefficient (Wildman–Crippen LogP) is 3.80. The van der Waals surface area contributed by atoms with Crippen LogP contribution in [0, 0.1) is 20.8 Å². The van der Waals surface area contributed by atoms with Crippen molar-refractivity contribution >= 4 is 33.4 Å². The van der Waals surface area contributed by atoms with Crippen molar-refractivity contribution in [2.45, 2.75) is 59.3 Å². The zero-order chi connectivity index (χ0) is 19.1. The van der Waals surface area contributed by atoms with E-state index in [2.05, 4.69) is 22.3 Å². The highest BCUT2D eigenvalue weighted by Gasteiger charge is 2.18. The van der Waals surface area contributed by atoms with Crippen LogP contribution in [-0.2, 0) is 31.1 Å². The molecule has 3 aromatic rings. The molecule has 7 heteroatoms. The fourth-order valence-corrected chi connectivity index (χ4v) is 5.12. The molecule has 1 N–H and O–H groups in total. The van der Waals surface area contributed by atoms with Gasteiger partial charge in [0.15, 0.2) is 10.8 Å². The van der Waals surface area contributed by atoms with E-state index in [1.807, 2.05) is 25.6 Å². The third kappa shape index (κ3) is 3.36. The lowest BCUT2D eigenvalue weighted by molar-refractivity contribution is -0.116. The van der Waals surface area contributed by atoms with Crippen LogP contribution in [0.3, 0.4) is 0 Å². The molecule has 0 radical (unpaired) electrons. The van der Waals surface area contributed by atoms with Gasteiger partial charge in [-0.1, -0.05) is 0 Å². The largest absolute Gasteiger partial charge is 0.302 e. The quantitative estimate of drug-likeness (QED) is 0.744. The molecule has 0 aromatic carbocycles. The van der Waals surface area contributed by atoms with E-state index in [0.717, 1.165) is 46.0 Å². The number of anilines is 1. The Labute approximate surface area is 163 Å². The van der Waals surface area contributed by atoms with Gasteiger partial charge in [-0.15, -0.1) is 11.3 Å². The van der Waals surface area contributed by atoms with Gasteiger partial charge in [-0.3, -0.25) is 9.48 Å². The third-order valence-electron chi connectivity index (χ3n) is 5.42. The molecule has 3 aromatic heterocycles. The van der Waals surface area contributed by atoms with Crippen molar-refractivity contribution in [1.82, 2.24) is 19.7 Å². The minimum atomic E-state index is 0.0166. The summed E-state index contributed by atoms with van der Waals surface area (Å²) >= 11 is 1.63. The van der Waals surface area contributed by atoms with Gasteiger partial charge < -0.3 is 5.32 Å². The number of rotatable bonds is 4. The summed E-state index contributed by atoms with van der Waals surface area (Å²) in [4.78, 5) is 23.1. The topological polar surface area (TPSA) is 72.7 Å². The summed E-state index contributed by atoms with van der Waals surface area (Å²) in [5.41, 5.74) is 6.36. The van der Waals surface area contributed by atoms with E-state index in [-0.39, 0.29) is 5.91 Å². The number of carbonyl (C=O) groups excluding carboxylic acids is 1. The molecule has 0 aliphatic heterocycles. The van der Waals surface area contributed by atoms with Crippen molar-refractivity contribution in [2.75, 3.05) is 5.32 Å². The van der Waals surface area contributed by atoms with Gasteiger partial charge in [0, 0.05) is 29.4 Å². The lowest BCUT2D eigenvalue weighted by Crippen LogP contribution is -2.13. The van der Waals surface area contributed by atoms with Crippen LogP contribution >= 0.6 is 11.3 Å². The van der Waals surface area contributed by atoms with Gasteiger partial charge in [0.05, 0.1) is 11.4 Å². The number of nitrogens with one attached hydrogen (secondary N) is 1. The number of aryl methyl sites for hydroxylation is 6. The maximum atomic E-state index is 12.5. The molecule has 0 spiro atoms. The standard InChI is InChI=1S/C20H25N5OS/c1-11-14(12(2)21-19-18(11)13(3)24-25(19)4)9-10-17(26)23-20-22-15-7-5-6-8-16(15)27-20/h5-10H2,1-4H3,(H,22,23,26). The Bertz CT molecular complexity index is 1010. The number of fused-ring (bicyclic) bond motifs is 2. The molecule has 1 aliphatic carbocycles. The monoisotopic (exact) mass is 383 g/mol. The minimum absolute atomic E-state index is 0.0166. The van der Waals surface area contributed by atoms with E-state index in [4.69, 9.17) is 4.98 Å². The number of nitrogens with zero attached hydrogens (tertiary/aromatic N) is 4. The third-order valence-corrected chi connectivity index (χ3v) is 6.50. The molecule has 27 heavy (non-hydrogen) atoms. The number of aromatic nitrogens is 4. The molecular formula is C20H25N5OS. The fraction of sp³-hybridized carbons (Fsp3) is 0.500. The zero-order valence-electron chi connectivity index (χ0n) is 16.3. The van der Waals surface area contributed by atoms with Crippen molar-refractivity contribution in [2.24, 2.45) is 7.05 Å². The van der Waals surface area contributed by atoms with Crippen LogP contribution in [0.2, 0.25) is 0 Å². The van der Waals surface area contributed by atoms with Crippen molar-refractivity contribution in [3.05, 3.63) is 33.1 Å². The number of hydrogen-bond acceptors (Lipinski definition) is 5. The molecule has 1 aliphatic rings. The molecule has 4 rings (SSSR count). The molecule has 3 heterocycles. The van der Waals surface area contributed by atoms with Gasteiger partial charge in [0.2, 0.25) is 5.91 Å². The Morgan fingerprint density at radius 2 is 1.93 bits per heavy atom. The smallest absolute Gasteiger partial charge is 0.226 e. The second-order valence-corrected chi connectivity index (χ2v) is 8.44. The molecule has 0 unspecified atom stereocenters. The first-order valence-electron chi connectivity index (χ1n) is 9.52. The summed E-state index contributed by atoms with van der Waals surface area (Å²) in [6, 6.07) is 0. The van der Waals surface area contributed by atoms with E-state index in [0.29, 0.717) is 12.8 Å². The number of hydrogen-bond donors (Lipinski definition) is 1. The van der Waals surface area contributed by atoms with Gasteiger partial charge >= 0.3 is 0 Å². The first kappa shape index (κ1) is 18.1. The average Bonchev–Trinajstić information content (AvgIpc) is 3.14. The number of thiazole rings is 1. The molecular weight excluding hydrogens is 358 g/mol. The Morgan fingerprint density at radius 1 is 1.15 bits per heavy atom. The van der Waals surface area contributed by atoms with Gasteiger partial charge in [-0.25, -0.2) is 9.97 Å². The average molecular weight is 384 g/mol. The SMILES string of the molecule is Cc1nc2c(c(C)nn2C)c(C)c1CCC(=O)Nc1nc2c(s1)CCCC2. The molecule has 0 atom stereocenters. The van der Waals surface area contributed by atoms with Crippen molar-refractivity contribution in [1.29, 1.82) is 0 Å². The highest BCUT2D eigenvalue weighted by molar-refractivity contribution is 7.15. The number of carbonyl (C=O) groups is 1. The lowest BCUT2D eigenvalue weighted by Gasteiger charge is -2.11. The maximum absolute atomic E-state index is 12.5. The summed E-state index contributed by atoms with van der Waals surface area (Å²) in [5.74, 6) is 0.0166. The van der Waals surface area contributed by atoms with Crippen LogP contribution < -0.4 is 5.32 Å². The molecule has 142 valence electrons. The van der Waals surface area contributed by atoms with Gasteiger partial charge in [0.25, 0.3) is 0 Å². The van der Waals surface area contributed by atoms with E-state index in [1.54, 1.807) is 11.3 Å². The van der Waals surface area contributed by atoms with Crippen LogP contribution in [0.1, 0.15) is 52.3 Å². The first-order chi connectivity index (χ1) is 12.9. The van der Waals surface area contributed by atoms with E-state index >= 15 is 0 Å². The molecule has 0 fully saturated rings. The summed E-state index contributed by atoms with van der Waals surface area (Å²) in [6.07, 6.45) is 5.66. The number of pyridine rings is 1. The molecule has 1 amide bonds. The Morgan fingerprint density at radius 3 is 2.70 bits per heavy atom. The zero-order valence-corrected chi connectivity index (χ0v) is 17.2. The summed E-state index contributed by atoms with van der Waals surface area (Å²) in [6.45, 7) is 6.12. The summed E-state index contributed by atoms with van der Waals surface area (Å²) in [5, 5.41) is 9.33. The summed E-state index contributed by atoms with van der Waals surface area (Å²) in [7, 11) is 1.92. The maximum Gasteiger partial charge on any atom is 0.226 e. The van der Waals surface area contributed by atoms with E-state index in [1.165, 1.54) is 29.0 Å². The van der Waals surface area contributed by atoms with Crippen molar-refractivity contribution in [3.8, 4) is 0 Å². The molecule has 0 saturated heterocycles. The van der Waals surface area contributed by atoms with E-state index < -0.39 is 0 Å². The molecule has 0 saturated carbocycles. The first-order valence-corrected chi connectivity index (χ1v) is 10.3. The highest BCUT2D eigenvalue weighted by atomic mass is 32.1. The lowest BCUT2D eigenvalue weighted by atomic mass is 9.99. The Balaban J connectivity index is 1.49. The normalized spacial score (nSPS) is 13.8. The van der Waals surface area contributed by atoms with Crippen molar-refractivity contribution < 1.29 is 4.79 Å². The van der Waals surface area contributed by atoms with Crippen LogP contribution in [0.5, 0.6) is 0 Å². The van der Waals surface area contributed by atoms with E-state index in [9.17, 15) is 4.79 Å². The van der Waals surface area contributed by atoms with Gasteiger partial charge in [-0.05, 0) is 64.0 Å². The second kappa shape index (κ2) is 7.03.